The van der Waals surface area contributed by atoms with Crippen molar-refractivity contribution in [2.24, 2.45) is 0 Å². The van der Waals surface area contributed by atoms with Crippen LogP contribution in [0.15, 0.2) is 24.3 Å². The van der Waals surface area contributed by atoms with Crippen LogP contribution < -0.4 is 10.2 Å². The van der Waals surface area contributed by atoms with Crippen molar-refractivity contribution in [3.05, 3.63) is 29.8 Å². The van der Waals surface area contributed by atoms with Gasteiger partial charge in [-0.1, -0.05) is 18.2 Å². The number of aliphatic carboxylic acids is 1. The maximum atomic E-state index is 11.8. The molecule has 0 aliphatic carbocycles. The minimum atomic E-state index is -1.06. The van der Waals surface area contributed by atoms with E-state index in [1.165, 1.54) is 11.8 Å². The Labute approximate surface area is 100 Å². The Morgan fingerprint density at radius 2 is 1.94 bits per heavy atom. The van der Waals surface area contributed by atoms with Gasteiger partial charge in [-0.05, 0) is 25.5 Å². The summed E-state index contributed by atoms with van der Waals surface area (Å²) < 4.78 is 0. The first-order chi connectivity index (χ1) is 7.93. The summed E-state index contributed by atoms with van der Waals surface area (Å²) in [7, 11) is 1.60. The average molecular weight is 236 g/mol. The molecule has 0 aliphatic heterocycles. The third-order valence-electron chi connectivity index (χ3n) is 2.49. The largest absolute Gasteiger partial charge is 0.480 e. The van der Waals surface area contributed by atoms with Gasteiger partial charge in [-0.15, -0.1) is 0 Å². The Morgan fingerprint density at radius 3 is 2.47 bits per heavy atom. The number of para-hydroxylation sites is 1. The quantitative estimate of drug-likeness (QED) is 0.837. The molecule has 17 heavy (non-hydrogen) atoms. The summed E-state index contributed by atoms with van der Waals surface area (Å²) in [6.07, 6.45) is 0. The van der Waals surface area contributed by atoms with Gasteiger partial charge in [0.1, 0.15) is 6.04 Å². The van der Waals surface area contributed by atoms with E-state index in [0.717, 1.165) is 11.3 Å². The van der Waals surface area contributed by atoms with Crippen LogP contribution in [0.2, 0.25) is 0 Å². The fraction of sp³-hybridized carbons (Fsp3) is 0.333. The Morgan fingerprint density at radius 1 is 1.35 bits per heavy atom. The fourth-order valence-electron chi connectivity index (χ4n) is 1.39. The van der Waals surface area contributed by atoms with Gasteiger partial charge in [-0.25, -0.2) is 4.79 Å². The molecule has 0 saturated heterocycles. The molecule has 0 saturated carbocycles. The zero-order valence-corrected chi connectivity index (χ0v) is 10.1. The molecular weight excluding hydrogens is 220 g/mol. The lowest BCUT2D eigenvalue weighted by Gasteiger charge is -2.21. The predicted molar refractivity (Wildman–Crippen MR) is 65.2 cm³/mol. The number of nitrogens with zero attached hydrogens (tertiary/aromatic N) is 1. The summed E-state index contributed by atoms with van der Waals surface area (Å²) in [5, 5.41) is 11.1. The third kappa shape index (κ3) is 3.21. The molecule has 2 amide bonds. The lowest BCUT2D eigenvalue weighted by Crippen LogP contribution is -2.45. The standard InChI is InChI=1S/C12H16N2O3/c1-8-6-4-5-7-10(8)14(3)12(17)13-9(2)11(15)16/h4-7,9H,1-3H3,(H,13,17)(H,15,16)/t9-/m1/s1. The van der Waals surface area contributed by atoms with Gasteiger partial charge in [0.05, 0.1) is 0 Å². The molecule has 1 rings (SSSR count). The molecule has 5 nitrogen and oxygen atoms in total. The lowest BCUT2D eigenvalue weighted by molar-refractivity contribution is -0.138. The highest BCUT2D eigenvalue weighted by Gasteiger charge is 2.18. The number of carbonyl (C=O) groups is 2. The number of aryl methyl sites for hydroxylation is 1. The smallest absolute Gasteiger partial charge is 0.325 e. The van der Waals surface area contributed by atoms with E-state index in [9.17, 15) is 9.59 Å². The SMILES string of the molecule is Cc1ccccc1N(C)C(=O)N[C@H](C)C(=O)O. The molecule has 0 bridgehead atoms. The van der Waals surface area contributed by atoms with Crippen LogP contribution in [0.25, 0.3) is 0 Å². The van der Waals surface area contributed by atoms with E-state index in [4.69, 9.17) is 5.11 Å². The number of benzene rings is 1. The summed E-state index contributed by atoms with van der Waals surface area (Å²) in [5.74, 6) is -1.06. The van der Waals surface area contributed by atoms with Crippen molar-refractivity contribution in [2.75, 3.05) is 11.9 Å². The van der Waals surface area contributed by atoms with Gasteiger partial charge < -0.3 is 10.4 Å². The summed E-state index contributed by atoms with van der Waals surface area (Å²) in [5.41, 5.74) is 1.70. The zero-order chi connectivity index (χ0) is 13.0. The van der Waals surface area contributed by atoms with E-state index in [-0.39, 0.29) is 0 Å². The third-order valence-corrected chi connectivity index (χ3v) is 2.49. The average Bonchev–Trinajstić information content (AvgIpc) is 2.28. The van der Waals surface area contributed by atoms with Gasteiger partial charge in [0.15, 0.2) is 0 Å². The highest BCUT2D eigenvalue weighted by molar-refractivity contribution is 5.94. The summed E-state index contributed by atoms with van der Waals surface area (Å²) >= 11 is 0. The second-order valence-electron chi connectivity index (χ2n) is 3.85. The number of urea groups is 1. The van der Waals surface area contributed by atoms with Gasteiger partial charge in [0.25, 0.3) is 0 Å². The van der Waals surface area contributed by atoms with Crippen LogP contribution in [-0.4, -0.2) is 30.2 Å². The number of rotatable bonds is 3. The predicted octanol–water partition coefficient (Wildman–Crippen LogP) is 1.61. The molecule has 5 heteroatoms. The van der Waals surface area contributed by atoms with Gasteiger partial charge in [0, 0.05) is 12.7 Å². The summed E-state index contributed by atoms with van der Waals surface area (Å²) in [6.45, 7) is 3.31. The van der Waals surface area contributed by atoms with E-state index in [0.29, 0.717) is 0 Å². The van der Waals surface area contributed by atoms with Crippen LogP contribution in [0.4, 0.5) is 10.5 Å². The molecule has 1 atom stereocenters. The second kappa shape index (κ2) is 5.34. The van der Waals surface area contributed by atoms with Crippen LogP contribution in [0.3, 0.4) is 0 Å². The molecule has 0 heterocycles. The Kier molecular flexibility index (Phi) is 4.09. The Bertz CT molecular complexity index is 432. The molecular formula is C12H16N2O3. The van der Waals surface area contributed by atoms with Crippen molar-refractivity contribution >= 4 is 17.7 Å². The summed E-state index contributed by atoms with van der Waals surface area (Å²) in [4.78, 5) is 23.8. The highest BCUT2D eigenvalue weighted by atomic mass is 16.4. The van der Waals surface area contributed by atoms with Crippen LogP contribution in [-0.2, 0) is 4.79 Å². The maximum Gasteiger partial charge on any atom is 0.325 e. The minimum absolute atomic E-state index is 0.436. The van der Waals surface area contributed by atoms with E-state index in [1.54, 1.807) is 13.1 Å². The molecule has 0 aromatic heterocycles. The Hall–Kier alpha value is -2.04. The van der Waals surface area contributed by atoms with E-state index in [2.05, 4.69) is 5.32 Å². The first-order valence-corrected chi connectivity index (χ1v) is 5.26. The van der Waals surface area contributed by atoms with E-state index >= 15 is 0 Å². The molecule has 92 valence electrons. The number of carbonyl (C=O) groups excluding carboxylic acids is 1. The van der Waals surface area contributed by atoms with Crippen molar-refractivity contribution in [2.45, 2.75) is 19.9 Å². The molecule has 0 radical (unpaired) electrons. The summed E-state index contributed by atoms with van der Waals surface area (Å²) in [6, 6.07) is 6.06. The fourth-order valence-corrected chi connectivity index (χ4v) is 1.39. The second-order valence-corrected chi connectivity index (χ2v) is 3.85. The maximum absolute atomic E-state index is 11.8. The monoisotopic (exact) mass is 236 g/mol. The number of amides is 2. The molecule has 0 unspecified atom stereocenters. The van der Waals surface area contributed by atoms with Crippen molar-refractivity contribution in [3.8, 4) is 0 Å². The van der Waals surface area contributed by atoms with Crippen LogP contribution in [0.1, 0.15) is 12.5 Å². The van der Waals surface area contributed by atoms with E-state index < -0.39 is 18.0 Å². The number of anilines is 1. The Balaban J connectivity index is 2.77. The number of carboxylic acids is 1. The minimum Gasteiger partial charge on any atom is -0.480 e. The van der Waals surface area contributed by atoms with Gasteiger partial charge in [0.2, 0.25) is 0 Å². The van der Waals surface area contributed by atoms with Crippen LogP contribution in [0, 0.1) is 6.92 Å². The first-order valence-electron chi connectivity index (χ1n) is 5.26. The van der Waals surface area contributed by atoms with E-state index in [1.807, 2.05) is 25.1 Å². The van der Waals surface area contributed by atoms with Crippen molar-refractivity contribution in [1.82, 2.24) is 5.32 Å². The molecule has 0 fully saturated rings. The topological polar surface area (TPSA) is 69.6 Å². The van der Waals surface area contributed by atoms with Crippen LogP contribution >= 0.6 is 0 Å². The zero-order valence-electron chi connectivity index (χ0n) is 10.1. The molecule has 2 N–H and O–H groups in total. The van der Waals surface area contributed by atoms with Crippen molar-refractivity contribution in [3.63, 3.8) is 0 Å². The van der Waals surface area contributed by atoms with Crippen LogP contribution in [0.5, 0.6) is 0 Å². The lowest BCUT2D eigenvalue weighted by atomic mass is 10.2. The number of hydrogen-bond donors (Lipinski definition) is 2. The molecule has 1 aromatic carbocycles. The van der Waals surface area contributed by atoms with Gasteiger partial charge >= 0.3 is 12.0 Å². The van der Waals surface area contributed by atoms with Crippen molar-refractivity contribution < 1.29 is 14.7 Å². The first kappa shape index (κ1) is 13.0. The normalized spacial score (nSPS) is 11.7. The number of nitrogens with one attached hydrogen (secondary N) is 1. The van der Waals surface area contributed by atoms with Gasteiger partial charge in [-0.2, -0.15) is 0 Å². The number of carboxylic acid groups (broad SMARTS) is 1. The highest BCUT2D eigenvalue weighted by Crippen LogP contribution is 2.17. The number of hydrogen-bond acceptors (Lipinski definition) is 2. The molecule has 0 spiro atoms. The van der Waals surface area contributed by atoms with Gasteiger partial charge in [-0.3, -0.25) is 9.69 Å². The molecule has 1 aromatic rings. The molecule has 0 aliphatic rings. The van der Waals surface area contributed by atoms with Crippen molar-refractivity contribution in [1.29, 1.82) is 0 Å².